The number of urea groups is 2. The van der Waals surface area contributed by atoms with Gasteiger partial charge in [0.05, 0.1) is 367 Å². The van der Waals surface area contributed by atoms with Crippen LogP contribution >= 0.6 is 0 Å². The van der Waals surface area contributed by atoms with E-state index in [1.165, 1.54) is 0 Å². The monoisotopic (exact) mass is 2160 g/mol. The van der Waals surface area contributed by atoms with Crippen molar-refractivity contribution < 1.29 is 180 Å². The van der Waals surface area contributed by atoms with E-state index < -0.39 is 49.2 Å². The number of guanidine groups is 2. The van der Waals surface area contributed by atoms with Crippen molar-refractivity contribution in [2.75, 3.05) is 426 Å². The number of amidine groups is 2. The van der Waals surface area contributed by atoms with Crippen molar-refractivity contribution in [3.63, 3.8) is 0 Å². The molecule has 4 aliphatic rings. The predicted molar refractivity (Wildman–Crippen MR) is 551 cm³/mol. The van der Waals surface area contributed by atoms with Gasteiger partial charge in [-0.2, -0.15) is 9.98 Å². The maximum Gasteiger partial charge on any atom is 0.321 e. The molecule has 2 unspecified atom stereocenters. The maximum absolute atomic E-state index is 14.3. The van der Waals surface area contributed by atoms with Crippen LogP contribution in [0.25, 0.3) is 0 Å². The summed E-state index contributed by atoms with van der Waals surface area (Å²) in [5, 5.41) is 6.08. The van der Waals surface area contributed by atoms with Gasteiger partial charge in [-0.05, 0) is 78.6 Å². The quantitative estimate of drug-likeness (QED) is 0.0677. The van der Waals surface area contributed by atoms with Gasteiger partial charge in [0.2, 0.25) is 36.0 Å². The van der Waals surface area contributed by atoms with Gasteiger partial charge in [-0.25, -0.2) is 19.6 Å². The zero-order valence-corrected chi connectivity index (χ0v) is 91.0. The van der Waals surface area contributed by atoms with Gasteiger partial charge in [-0.3, -0.25) is 20.4 Å². The molecular formula is C100H178N12O38. The second-order valence-electron chi connectivity index (χ2n) is 34.2. The molecule has 0 aliphatic carbocycles. The van der Waals surface area contributed by atoms with Gasteiger partial charge >= 0.3 is 12.1 Å². The molecule has 50 heteroatoms. The summed E-state index contributed by atoms with van der Waals surface area (Å²) in [5.74, 6) is 2.13. The molecule has 8 atom stereocenters. The van der Waals surface area contributed by atoms with E-state index in [9.17, 15) is 9.59 Å². The molecule has 2 saturated heterocycles. The maximum atomic E-state index is 14.3. The lowest BCUT2D eigenvalue weighted by Gasteiger charge is -2.43. The van der Waals surface area contributed by atoms with Crippen LogP contribution in [-0.2, 0) is 142 Å². The highest BCUT2D eigenvalue weighted by Crippen LogP contribution is 2.43. The number of aliphatic imine (C=N–C) groups is 4. The second kappa shape index (κ2) is 87.6. The lowest BCUT2D eigenvalue weighted by molar-refractivity contribution is -0.0292. The normalized spacial score (nSPS) is 15.9. The largest absolute Gasteiger partial charge is 0.487 e. The topological polar surface area (TPSA) is 505 Å². The van der Waals surface area contributed by atoms with Crippen LogP contribution in [0.3, 0.4) is 0 Å². The van der Waals surface area contributed by atoms with Gasteiger partial charge in [-0.1, -0.05) is 12.8 Å². The van der Waals surface area contributed by atoms with Crippen LogP contribution < -0.4 is 50.5 Å². The Bertz CT molecular complexity index is 3460. The Morgan fingerprint density at radius 3 is 0.640 bits per heavy atom. The van der Waals surface area contributed by atoms with E-state index >= 15 is 0 Å². The van der Waals surface area contributed by atoms with Crippen LogP contribution in [0.1, 0.15) is 78.4 Å². The molecular weight excluding hydrogens is 1980 g/mol. The first kappa shape index (κ1) is 131. The summed E-state index contributed by atoms with van der Waals surface area (Å²) >= 11 is 0. The summed E-state index contributed by atoms with van der Waals surface area (Å²) in [7, 11) is 9.74. The Hall–Kier alpha value is -7.54. The summed E-state index contributed by atoms with van der Waals surface area (Å²) in [4.78, 5) is 54.5. The average molecular weight is 2160 g/mol. The van der Waals surface area contributed by atoms with Crippen LogP contribution in [0.15, 0.2) is 44.2 Å². The van der Waals surface area contributed by atoms with Crippen molar-refractivity contribution in [3.05, 3.63) is 35.4 Å². The zero-order valence-electron chi connectivity index (χ0n) is 91.0. The minimum Gasteiger partial charge on any atom is -0.487 e. The Balaban J connectivity index is 1.19. The summed E-state index contributed by atoms with van der Waals surface area (Å²) < 4.78 is 210. The predicted octanol–water partition coefficient (Wildman–Crippen LogP) is 4.11. The standard InChI is InChI=1S/C100H178N12O38/c1-79(139-61-55-133-49-43-127-37-31-121-25-19-115-7)71-145-87-67-85(68-88(146-72-80(2)140-62-56-134-50-44-128-38-32-122-26-20-116-8)91(87)149-75-83(5)143-65-59-137-53-47-131-41-35-125-29-23-119-11)93-103-95(101)105-97-107-99(113)109(77-111(93)97)17-15-13-14-16-18-110-78-112-94(104-96(102)106-98(112)108-100(110)114)86-69-89(147-73-81(3)141-63-57-135-51-45-129-39-33-123-27-21-117-9)92(150-76-84(6)144-66-60-138-54-48-132-42-36-126-30-24-120-12)90(70-86)148-74-82(4)142-64-58-136-52-46-130-40-34-124-28-22-118-10/h67-70,79-84,97-98H,13-66,71-78H2,1-12H3,(H2,101,105)(H2,102,106)(H,107,113)(H,108,114)/t79-,80-,81-,82-,83-,84-,97?,98?/m0/s1. The Morgan fingerprint density at radius 2 is 0.447 bits per heavy atom. The third-order valence-electron chi connectivity index (χ3n) is 21.6. The smallest absolute Gasteiger partial charge is 0.321 e. The highest BCUT2D eigenvalue weighted by Gasteiger charge is 2.40. The first-order chi connectivity index (χ1) is 73.5. The number of unbranched alkanes of at least 4 members (excludes halogenated alkanes) is 3. The minimum atomic E-state index is -0.950. The molecule has 2 fully saturated rings. The number of amides is 4. The Labute approximate surface area is 885 Å². The Morgan fingerprint density at radius 1 is 0.267 bits per heavy atom. The molecule has 2 aromatic rings. The molecule has 150 heavy (non-hydrogen) atoms. The molecule has 6 N–H and O–H groups in total. The number of fused-ring (bicyclic) bond motifs is 2. The number of ether oxygens (including phenoxy) is 36. The van der Waals surface area contributed by atoms with E-state index in [0.717, 1.165) is 0 Å². The Kier molecular flexibility index (Phi) is 76.6. The van der Waals surface area contributed by atoms with Crippen LogP contribution in [0.4, 0.5) is 9.59 Å². The number of carbonyl (C=O) groups is 2. The average Bonchev–Trinajstić information content (AvgIpc) is 0.769. The van der Waals surface area contributed by atoms with E-state index in [-0.39, 0.29) is 151 Å². The number of hydrogen-bond acceptors (Lipinski definition) is 46. The van der Waals surface area contributed by atoms with Crippen molar-refractivity contribution >= 4 is 35.7 Å². The van der Waals surface area contributed by atoms with Crippen LogP contribution in [0.2, 0.25) is 0 Å². The number of nitrogens with one attached hydrogen (secondary N) is 2. The van der Waals surface area contributed by atoms with Gasteiger partial charge in [0.15, 0.2) is 23.0 Å². The molecule has 4 amide bonds. The minimum absolute atomic E-state index is 0.0523. The van der Waals surface area contributed by atoms with Crippen LogP contribution in [-0.4, -0.2) is 530 Å². The molecule has 50 nitrogen and oxygen atoms in total. The van der Waals surface area contributed by atoms with E-state index in [1.807, 2.05) is 51.3 Å². The first-order valence-electron chi connectivity index (χ1n) is 52.1. The number of rotatable bonds is 105. The molecule has 6 rings (SSSR count). The van der Waals surface area contributed by atoms with E-state index in [1.54, 1.807) is 76.7 Å². The van der Waals surface area contributed by atoms with Crippen LogP contribution in [0.5, 0.6) is 34.5 Å². The molecule has 0 spiro atoms. The van der Waals surface area contributed by atoms with Gasteiger partial charge in [-0.15, -0.1) is 0 Å². The summed E-state index contributed by atoms with van der Waals surface area (Å²) in [6.45, 7) is 31.5. The van der Waals surface area contributed by atoms with Crippen LogP contribution in [0, 0.1) is 0 Å². The molecule has 4 aliphatic heterocycles. The van der Waals surface area contributed by atoms with E-state index in [2.05, 4.69) is 20.6 Å². The molecule has 2 aromatic carbocycles. The van der Waals surface area contributed by atoms with Gasteiger partial charge in [0.1, 0.15) is 51.3 Å². The van der Waals surface area contributed by atoms with Gasteiger partial charge in [0, 0.05) is 66.9 Å². The number of nitrogens with zero attached hydrogens (tertiary/aromatic N) is 8. The number of nitrogens with two attached hydrogens (primary N) is 2. The molecule has 0 aromatic heterocycles. The number of methoxy groups -OCH3 is 6. The van der Waals surface area contributed by atoms with E-state index in [0.29, 0.717) is 339 Å². The summed E-state index contributed by atoms with van der Waals surface area (Å²) in [6.07, 6.45) is -2.11. The molecule has 0 saturated carbocycles. The highest BCUT2D eigenvalue weighted by molar-refractivity contribution is 6.09. The summed E-state index contributed by atoms with van der Waals surface area (Å²) in [6, 6.07) is 6.40. The number of hydrogen-bond donors (Lipinski definition) is 4. The van der Waals surface area contributed by atoms with Gasteiger partial charge < -0.3 is 192 Å². The first-order valence-corrected chi connectivity index (χ1v) is 52.1. The van der Waals surface area contributed by atoms with Gasteiger partial charge in [0.25, 0.3) is 0 Å². The fourth-order valence-electron chi connectivity index (χ4n) is 13.8. The molecule has 4 heterocycles. The van der Waals surface area contributed by atoms with Crippen molar-refractivity contribution in [2.45, 2.75) is 116 Å². The number of carbonyl (C=O) groups excluding carboxylic acids is 2. The lowest BCUT2D eigenvalue weighted by atomic mass is 10.1. The zero-order chi connectivity index (χ0) is 107. The molecule has 0 bridgehead atoms. The van der Waals surface area contributed by atoms with Crippen molar-refractivity contribution in [3.8, 4) is 34.5 Å². The van der Waals surface area contributed by atoms with Crippen molar-refractivity contribution in [1.82, 2.24) is 30.2 Å². The highest BCUT2D eigenvalue weighted by atomic mass is 16.6. The van der Waals surface area contributed by atoms with Crippen molar-refractivity contribution in [1.29, 1.82) is 0 Å². The summed E-state index contributed by atoms with van der Waals surface area (Å²) in [5.41, 5.74) is 14.1. The third-order valence-corrected chi connectivity index (χ3v) is 21.6. The fraction of sp³-hybridized carbons (Fsp3) is 0.820. The third kappa shape index (κ3) is 61.1. The van der Waals surface area contributed by atoms with E-state index in [4.69, 9.17) is 192 Å². The molecule has 866 valence electrons. The number of benzene rings is 2. The SMILES string of the molecule is COCCOCCOCCOCCO[C@@H](C)COc1cc(C2=NC(N)=NC3NC(=O)N(CCCCCCN4CN5C(c6cc(OC[C@H](C)OCCOCCOCCOCCOC)c(OC[C@H](C)OCCOCCOCCOCCOC)c(OC[C@H](C)OCCOCCOCCOCCOC)c6)=NC(N)=NC5NC4=O)CN23)cc(OC[C@H](C)OCCOCCOCCOCCOC)c1OC[C@H](C)OCCOCCOCCOCCOC. The van der Waals surface area contributed by atoms with Crippen molar-refractivity contribution in [2.24, 2.45) is 31.4 Å². The molecule has 0 radical (unpaired) electrons. The lowest BCUT2D eigenvalue weighted by Crippen LogP contribution is -2.64. The fourth-order valence-corrected chi connectivity index (χ4v) is 13.8. The second-order valence-corrected chi connectivity index (χ2v) is 34.2.